The Morgan fingerprint density at radius 3 is 1.60 bits per heavy atom. The summed E-state index contributed by atoms with van der Waals surface area (Å²) in [6.07, 6.45) is 7.46. The van der Waals surface area contributed by atoms with Gasteiger partial charge in [0.2, 0.25) is 11.8 Å². The van der Waals surface area contributed by atoms with Crippen molar-refractivity contribution in [3.63, 3.8) is 0 Å². The number of carbonyl (C=O) groups is 2. The molecule has 20 heavy (non-hydrogen) atoms. The van der Waals surface area contributed by atoms with Gasteiger partial charge < -0.3 is 10.6 Å². The number of rotatable bonds is 2. The van der Waals surface area contributed by atoms with Crippen LogP contribution in [0.5, 0.6) is 0 Å². The standard InChI is InChI=1S/C14H14N2O2S2/c1-9(17)15-11-5-3-7-19-13(11)14-12(16-10(2)18)6-4-8-20-14/h3-8H,1-2H3,(H,15,17)(H,16,18). The first-order chi connectivity index (χ1) is 9.58. The van der Waals surface area contributed by atoms with E-state index in [4.69, 9.17) is 0 Å². The predicted octanol–water partition coefficient (Wildman–Crippen LogP) is 2.76. The van der Waals surface area contributed by atoms with E-state index in [1.807, 2.05) is 35.1 Å². The van der Waals surface area contributed by atoms with Crippen LogP contribution in [0.1, 0.15) is 13.8 Å². The molecule has 0 atom stereocenters. The van der Waals surface area contributed by atoms with Crippen molar-refractivity contribution in [2.24, 2.45) is 0 Å². The highest BCUT2D eigenvalue weighted by Crippen LogP contribution is 2.40. The van der Waals surface area contributed by atoms with Gasteiger partial charge in [-0.2, -0.15) is 0 Å². The van der Waals surface area contributed by atoms with Crippen LogP contribution in [-0.4, -0.2) is 11.8 Å². The molecule has 0 aromatic carbocycles. The Kier molecular flexibility index (Phi) is 4.92. The lowest BCUT2D eigenvalue weighted by Crippen LogP contribution is -2.24. The van der Waals surface area contributed by atoms with Crippen LogP contribution in [0.15, 0.2) is 56.3 Å². The van der Waals surface area contributed by atoms with Gasteiger partial charge in [0.1, 0.15) is 0 Å². The van der Waals surface area contributed by atoms with E-state index >= 15 is 0 Å². The first-order valence-electron chi connectivity index (χ1n) is 5.95. The Bertz CT molecular complexity index is 546. The second-order valence-electron chi connectivity index (χ2n) is 4.07. The minimum Gasteiger partial charge on any atom is -0.325 e. The molecular weight excluding hydrogens is 292 g/mol. The van der Waals surface area contributed by atoms with E-state index in [1.165, 1.54) is 37.4 Å². The molecule has 0 saturated carbocycles. The topological polar surface area (TPSA) is 58.2 Å². The summed E-state index contributed by atoms with van der Waals surface area (Å²) < 4.78 is 0. The molecule has 0 aliphatic carbocycles. The lowest BCUT2D eigenvalue weighted by molar-refractivity contribution is -0.119. The molecule has 2 rings (SSSR count). The molecule has 2 aliphatic heterocycles. The van der Waals surface area contributed by atoms with E-state index < -0.39 is 0 Å². The molecule has 2 aliphatic rings. The molecule has 0 bridgehead atoms. The maximum atomic E-state index is 11.3. The van der Waals surface area contributed by atoms with Gasteiger partial charge in [-0.05, 0) is 23.0 Å². The molecule has 0 aromatic rings. The van der Waals surface area contributed by atoms with Gasteiger partial charge in [0.25, 0.3) is 0 Å². The van der Waals surface area contributed by atoms with E-state index in [1.54, 1.807) is 0 Å². The fourth-order valence-corrected chi connectivity index (χ4v) is 3.49. The average Bonchev–Trinajstić information content (AvgIpc) is 2.39. The van der Waals surface area contributed by atoms with Gasteiger partial charge in [-0.1, -0.05) is 35.7 Å². The maximum Gasteiger partial charge on any atom is 0.221 e. The Balaban J connectivity index is 2.38. The average molecular weight is 306 g/mol. The molecule has 0 aromatic heterocycles. The first-order valence-corrected chi connectivity index (χ1v) is 7.71. The van der Waals surface area contributed by atoms with Crippen LogP contribution in [0.2, 0.25) is 0 Å². The molecule has 0 unspecified atom stereocenters. The largest absolute Gasteiger partial charge is 0.325 e. The number of hydrogen-bond donors (Lipinski definition) is 2. The van der Waals surface area contributed by atoms with E-state index in [0.717, 1.165) is 21.2 Å². The third-order valence-electron chi connectivity index (χ3n) is 2.37. The zero-order valence-corrected chi connectivity index (χ0v) is 12.7. The van der Waals surface area contributed by atoms with E-state index in [0.29, 0.717) is 0 Å². The predicted molar refractivity (Wildman–Crippen MR) is 84.3 cm³/mol. The third-order valence-corrected chi connectivity index (χ3v) is 4.41. The van der Waals surface area contributed by atoms with Gasteiger partial charge in [0, 0.05) is 13.8 Å². The van der Waals surface area contributed by atoms with Crippen molar-refractivity contribution in [3.05, 3.63) is 56.3 Å². The second-order valence-corrected chi connectivity index (χ2v) is 5.91. The highest BCUT2D eigenvalue weighted by atomic mass is 32.2. The third kappa shape index (κ3) is 3.68. The zero-order chi connectivity index (χ0) is 14.5. The van der Waals surface area contributed by atoms with Crippen LogP contribution in [0, 0.1) is 0 Å². The number of nitrogens with one attached hydrogen (secondary N) is 2. The van der Waals surface area contributed by atoms with Crippen LogP contribution in [0.25, 0.3) is 0 Å². The van der Waals surface area contributed by atoms with Crippen molar-refractivity contribution >= 4 is 35.3 Å². The molecule has 6 heteroatoms. The van der Waals surface area contributed by atoms with E-state index in [9.17, 15) is 9.59 Å². The summed E-state index contributed by atoms with van der Waals surface area (Å²) in [6, 6.07) is 0. The normalized spacial score (nSPS) is 21.1. The van der Waals surface area contributed by atoms with Crippen LogP contribution >= 0.6 is 23.5 Å². The highest BCUT2D eigenvalue weighted by Gasteiger charge is 2.19. The fourth-order valence-electron chi connectivity index (χ4n) is 1.69. The van der Waals surface area contributed by atoms with Crippen molar-refractivity contribution in [2.45, 2.75) is 13.8 Å². The smallest absolute Gasteiger partial charge is 0.221 e. The molecule has 0 saturated heterocycles. The van der Waals surface area contributed by atoms with Gasteiger partial charge in [-0.25, -0.2) is 0 Å². The Hall–Kier alpha value is -1.66. The number of carbonyl (C=O) groups excluding carboxylic acids is 2. The minimum absolute atomic E-state index is 0.119. The molecule has 2 heterocycles. The molecule has 104 valence electrons. The Morgan fingerprint density at radius 1 is 0.850 bits per heavy atom. The molecule has 0 spiro atoms. The summed E-state index contributed by atoms with van der Waals surface area (Å²) in [7, 11) is 0. The molecule has 4 nitrogen and oxygen atoms in total. The number of thioether (sulfide) groups is 2. The van der Waals surface area contributed by atoms with Crippen LogP contribution in [0.4, 0.5) is 0 Å². The highest BCUT2D eigenvalue weighted by molar-refractivity contribution is 8.09. The molecular formula is C14H14N2O2S2. The minimum atomic E-state index is -0.119. The number of hydrogen-bond acceptors (Lipinski definition) is 4. The van der Waals surface area contributed by atoms with Crippen LogP contribution < -0.4 is 10.6 Å². The van der Waals surface area contributed by atoms with Gasteiger partial charge in [0.05, 0.1) is 21.2 Å². The summed E-state index contributed by atoms with van der Waals surface area (Å²) >= 11 is 3.04. The van der Waals surface area contributed by atoms with Crippen molar-refractivity contribution in [2.75, 3.05) is 0 Å². The number of allylic oxidation sites excluding steroid dienone is 4. The van der Waals surface area contributed by atoms with Gasteiger partial charge in [0.15, 0.2) is 0 Å². The fraction of sp³-hybridized carbons (Fsp3) is 0.143. The molecule has 0 fully saturated rings. The monoisotopic (exact) mass is 306 g/mol. The van der Waals surface area contributed by atoms with Crippen molar-refractivity contribution in [1.29, 1.82) is 0 Å². The maximum absolute atomic E-state index is 11.3. The quantitative estimate of drug-likeness (QED) is 0.823. The second kappa shape index (κ2) is 6.67. The van der Waals surface area contributed by atoms with Gasteiger partial charge in [-0.15, -0.1) is 0 Å². The van der Waals surface area contributed by atoms with Crippen LogP contribution in [0.3, 0.4) is 0 Å². The van der Waals surface area contributed by atoms with Crippen molar-refractivity contribution in [3.8, 4) is 0 Å². The molecule has 2 amide bonds. The van der Waals surface area contributed by atoms with E-state index in [2.05, 4.69) is 10.6 Å². The zero-order valence-electron chi connectivity index (χ0n) is 11.1. The van der Waals surface area contributed by atoms with Gasteiger partial charge >= 0.3 is 0 Å². The van der Waals surface area contributed by atoms with Crippen LogP contribution in [-0.2, 0) is 9.59 Å². The van der Waals surface area contributed by atoms with E-state index in [-0.39, 0.29) is 11.8 Å². The lowest BCUT2D eigenvalue weighted by atomic mass is 10.2. The molecule has 2 N–H and O–H groups in total. The number of amides is 2. The summed E-state index contributed by atoms with van der Waals surface area (Å²) in [5.74, 6) is -0.238. The Morgan fingerprint density at radius 2 is 1.25 bits per heavy atom. The SMILES string of the molecule is CC(=O)NC1=CC=CSC1=C1SC=CC=C1NC(C)=O. The summed E-state index contributed by atoms with van der Waals surface area (Å²) in [5.41, 5.74) is 1.50. The van der Waals surface area contributed by atoms with Gasteiger partial charge in [-0.3, -0.25) is 9.59 Å². The Labute approximate surface area is 126 Å². The summed E-state index contributed by atoms with van der Waals surface area (Å²) in [6.45, 7) is 2.95. The van der Waals surface area contributed by atoms with Crippen molar-refractivity contribution < 1.29 is 9.59 Å². The van der Waals surface area contributed by atoms with Crippen molar-refractivity contribution in [1.82, 2.24) is 10.6 Å². The molecule has 0 radical (unpaired) electrons. The first kappa shape index (κ1) is 14.7. The lowest BCUT2D eigenvalue weighted by Gasteiger charge is -2.21. The summed E-state index contributed by atoms with van der Waals surface area (Å²) in [4.78, 5) is 24.4. The summed E-state index contributed by atoms with van der Waals surface area (Å²) in [5, 5.41) is 9.52.